The molecule has 2 aromatic carbocycles. The minimum atomic E-state index is -1.15. The first-order valence-electron chi connectivity index (χ1n) is 8.12. The van der Waals surface area contributed by atoms with Crippen molar-refractivity contribution in [1.29, 1.82) is 0 Å². The van der Waals surface area contributed by atoms with Crippen LogP contribution in [0.1, 0.15) is 20.7 Å². The Morgan fingerprint density at radius 1 is 1.21 bits per heavy atom. The van der Waals surface area contributed by atoms with Crippen molar-refractivity contribution in [1.82, 2.24) is 4.74 Å². The molecule has 1 aromatic heterocycles. The monoisotopic (exact) mass is 413 g/mol. The van der Waals surface area contributed by atoms with Gasteiger partial charge in [-0.3, -0.25) is 4.79 Å². The Balaban J connectivity index is 1.68. The number of benzene rings is 2. The van der Waals surface area contributed by atoms with Crippen molar-refractivity contribution >= 4 is 39.8 Å². The maximum absolute atomic E-state index is 12.6. The second-order valence-corrected chi connectivity index (χ2v) is 7.32. The number of nitrogens with one attached hydrogen (secondary N) is 1. The predicted octanol–water partition coefficient (Wildman–Crippen LogP) is 2.60. The molecule has 2 heterocycles. The Morgan fingerprint density at radius 2 is 1.96 bits per heavy atom. The van der Waals surface area contributed by atoms with Crippen molar-refractivity contribution in [3.8, 4) is 11.1 Å². The minimum Gasteiger partial charge on any atom is -0.622 e. The third-order valence-electron chi connectivity index (χ3n) is 4.26. The minimum absolute atomic E-state index is 0.00105. The number of halogens is 1. The van der Waals surface area contributed by atoms with Gasteiger partial charge in [-0.25, -0.2) is 9.79 Å². The van der Waals surface area contributed by atoms with Crippen molar-refractivity contribution in [3.63, 3.8) is 0 Å². The summed E-state index contributed by atoms with van der Waals surface area (Å²) in [6.07, 6.45) is 0. The van der Waals surface area contributed by atoms with E-state index in [1.54, 1.807) is 29.6 Å². The Bertz CT molecular complexity index is 1240. The number of carboxylic acids is 1. The number of carbonyl (C=O) groups is 2. The smallest absolute Gasteiger partial charge is 0.339 e. The number of thiophene rings is 1. The third-order valence-corrected chi connectivity index (χ3v) is 5.41. The molecule has 1 aliphatic rings. The van der Waals surface area contributed by atoms with Gasteiger partial charge >= 0.3 is 5.97 Å². The third kappa shape index (κ3) is 3.23. The summed E-state index contributed by atoms with van der Waals surface area (Å²) in [5, 5.41) is 27.2. The zero-order chi connectivity index (χ0) is 19.8. The molecule has 0 bridgehead atoms. The van der Waals surface area contributed by atoms with Gasteiger partial charge in [0.15, 0.2) is 0 Å². The number of carboxylic acid groups (broad SMARTS) is 1. The summed E-state index contributed by atoms with van der Waals surface area (Å²) in [4.78, 5) is 28.5. The van der Waals surface area contributed by atoms with E-state index in [1.165, 1.54) is 18.2 Å². The number of carbonyl (C=O) groups excluding carboxylic acids is 1. The van der Waals surface area contributed by atoms with Crippen LogP contribution in [0.3, 0.4) is 0 Å². The lowest BCUT2D eigenvalue weighted by Crippen LogP contribution is -2.31. The molecule has 0 aliphatic carbocycles. The highest BCUT2D eigenvalue weighted by atomic mass is 35.5. The van der Waals surface area contributed by atoms with Crippen molar-refractivity contribution in [2.45, 2.75) is 0 Å². The number of nitrogens with zero attached hydrogens (tertiary/aromatic N) is 2. The molecule has 0 saturated heterocycles. The summed E-state index contributed by atoms with van der Waals surface area (Å²) >= 11 is 7.02. The standard InChI is InChI=1S/C19H12ClN3O4S/c20-12-4-1-10(2-5-12)13-8-28-18(16(13)19(25)26)22-17(24)11-3-6-15-14(7-11)21-9-23(15)27/h1-8H,9H2,(H,22,24)(H,25,26). The zero-order valence-electron chi connectivity index (χ0n) is 14.2. The van der Waals surface area contributed by atoms with E-state index < -0.39 is 11.9 Å². The lowest BCUT2D eigenvalue weighted by molar-refractivity contribution is 0.0699. The van der Waals surface area contributed by atoms with Crippen LogP contribution in [0.5, 0.6) is 0 Å². The number of hydroxylamine groups is 1. The number of hydrogen-bond acceptors (Lipinski definition) is 5. The van der Waals surface area contributed by atoms with Crippen LogP contribution in [-0.4, -0.2) is 23.7 Å². The molecule has 0 spiro atoms. The van der Waals surface area contributed by atoms with Crippen LogP contribution < -0.4 is 20.8 Å². The molecule has 1 amide bonds. The van der Waals surface area contributed by atoms with Gasteiger partial charge in [-0.05, 0) is 29.8 Å². The Kier molecular flexibility index (Phi) is 4.58. The molecule has 1 aliphatic heterocycles. The molecule has 0 unspecified atom stereocenters. The first kappa shape index (κ1) is 18.1. The van der Waals surface area contributed by atoms with E-state index in [4.69, 9.17) is 11.6 Å². The van der Waals surface area contributed by atoms with E-state index in [1.807, 2.05) is 0 Å². The lowest BCUT2D eigenvalue weighted by atomic mass is 10.0. The summed E-state index contributed by atoms with van der Waals surface area (Å²) in [5.41, 5.74) is 1.48. The molecule has 140 valence electrons. The number of anilines is 1. The van der Waals surface area contributed by atoms with Crippen molar-refractivity contribution in [2.75, 3.05) is 12.0 Å². The van der Waals surface area contributed by atoms with Gasteiger partial charge < -0.3 is 15.6 Å². The van der Waals surface area contributed by atoms with Gasteiger partial charge in [-0.1, -0.05) is 23.7 Å². The van der Waals surface area contributed by atoms with Gasteiger partial charge in [0.05, 0.1) is 0 Å². The average Bonchev–Trinajstić information content (AvgIpc) is 3.26. The van der Waals surface area contributed by atoms with Crippen molar-refractivity contribution in [3.05, 3.63) is 79.9 Å². The number of aromatic carboxylic acids is 1. The Hall–Kier alpha value is -3.23. The van der Waals surface area contributed by atoms with Crippen molar-refractivity contribution in [2.24, 2.45) is 4.99 Å². The lowest BCUT2D eigenvalue weighted by Gasteiger charge is -2.06. The van der Waals surface area contributed by atoms with Gasteiger partial charge in [-0.15, -0.1) is 11.3 Å². The molecule has 3 aromatic rings. The van der Waals surface area contributed by atoms with Crippen LogP contribution in [0.2, 0.25) is 5.02 Å². The molecular formula is C19H12ClN3O4S. The highest BCUT2D eigenvalue weighted by Crippen LogP contribution is 2.36. The fraction of sp³-hybridized carbons (Fsp3) is 0.0526. The molecule has 9 heteroatoms. The van der Waals surface area contributed by atoms with Crippen LogP contribution in [0, 0.1) is 5.21 Å². The summed E-state index contributed by atoms with van der Waals surface area (Å²) in [6.45, 7) is -0.00105. The maximum Gasteiger partial charge on any atom is 0.339 e. The summed E-state index contributed by atoms with van der Waals surface area (Å²) in [5.74, 6) is -1.62. The first-order chi connectivity index (χ1) is 13.4. The number of amides is 1. The Morgan fingerprint density at radius 3 is 2.68 bits per heavy atom. The van der Waals surface area contributed by atoms with Crippen molar-refractivity contribution < 1.29 is 14.7 Å². The van der Waals surface area contributed by atoms with Gasteiger partial charge in [0.2, 0.25) is 12.0 Å². The van der Waals surface area contributed by atoms with Gasteiger partial charge in [-0.2, -0.15) is 4.74 Å². The summed E-state index contributed by atoms with van der Waals surface area (Å²) < 4.78 is 0.733. The van der Waals surface area contributed by atoms with Gasteiger partial charge in [0.1, 0.15) is 15.9 Å². The molecule has 0 radical (unpaired) electrons. The van der Waals surface area contributed by atoms with Gasteiger partial charge in [0, 0.05) is 27.6 Å². The number of hydrogen-bond donors (Lipinski definition) is 2. The van der Waals surface area contributed by atoms with E-state index in [0.717, 1.165) is 16.1 Å². The van der Waals surface area contributed by atoms with E-state index in [9.17, 15) is 19.9 Å². The van der Waals surface area contributed by atoms with Gasteiger partial charge in [0.25, 0.3) is 5.91 Å². The number of rotatable bonds is 4. The molecule has 0 atom stereocenters. The predicted molar refractivity (Wildman–Crippen MR) is 106 cm³/mol. The highest BCUT2D eigenvalue weighted by Gasteiger charge is 2.22. The van der Waals surface area contributed by atoms with Crippen LogP contribution in [0.25, 0.3) is 11.1 Å². The molecule has 28 heavy (non-hydrogen) atoms. The van der Waals surface area contributed by atoms with E-state index in [0.29, 0.717) is 26.9 Å². The molecule has 4 rings (SSSR count). The molecule has 7 nitrogen and oxygen atoms in total. The maximum atomic E-state index is 12.6. The molecule has 0 fully saturated rings. The molecular weight excluding hydrogens is 402 g/mol. The highest BCUT2D eigenvalue weighted by molar-refractivity contribution is 7.15. The second-order valence-electron chi connectivity index (χ2n) is 6.00. The average molecular weight is 414 g/mol. The van der Waals surface area contributed by atoms with Crippen LogP contribution >= 0.6 is 22.9 Å². The zero-order valence-corrected chi connectivity index (χ0v) is 15.8. The first-order valence-corrected chi connectivity index (χ1v) is 9.38. The van der Waals surface area contributed by atoms with Crippen LogP contribution in [-0.2, 0) is 0 Å². The van der Waals surface area contributed by atoms with E-state index in [2.05, 4.69) is 10.3 Å². The topological polar surface area (TPSA) is 105 Å². The van der Waals surface area contributed by atoms with Crippen LogP contribution in [0.4, 0.5) is 5.00 Å². The van der Waals surface area contributed by atoms with E-state index >= 15 is 0 Å². The molecule has 2 N–H and O–H groups in total. The second kappa shape index (κ2) is 7.06. The summed E-state index contributed by atoms with van der Waals surface area (Å²) in [6, 6.07) is 11.3. The fourth-order valence-corrected chi connectivity index (χ4v) is 3.98. The largest absolute Gasteiger partial charge is 0.622 e. The molecule has 0 saturated carbocycles. The SMILES string of the molecule is O=C(Nc1scc(-c2ccc(Cl)cc2)c1C(=O)O)c1ccc2c(c1)=NC[N+]=2[O-]. The summed E-state index contributed by atoms with van der Waals surface area (Å²) in [7, 11) is 0. The fourth-order valence-electron chi connectivity index (χ4n) is 2.90. The quantitative estimate of drug-likeness (QED) is 0.506. The van der Waals surface area contributed by atoms with Crippen LogP contribution in [0.15, 0.2) is 52.8 Å². The Labute approximate surface area is 167 Å². The van der Waals surface area contributed by atoms with E-state index in [-0.39, 0.29) is 22.8 Å². The normalized spacial score (nSPS) is 12.4. The number of fused-ring (bicyclic) bond motifs is 1.